The second-order valence-electron chi connectivity index (χ2n) is 1.85. The molecule has 0 unspecified atom stereocenters. The Kier molecular flexibility index (Phi) is 11.8. The highest BCUT2D eigenvalue weighted by Gasteiger charge is 1.90. The lowest BCUT2D eigenvalue weighted by Crippen LogP contribution is -1.95. The average molecular weight is 182 g/mol. The topological polar surface area (TPSA) is 30.8 Å². The quantitative estimate of drug-likeness (QED) is 0.283. The fraction of sp³-hybridized carbons (Fsp3) is 0.857. The summed E-state index contributed by atoms with van der Waals surface area (Å²) >= 11 is 0. The molecule has 11 heavy (non-hydrogen) atoms. The smallest absolute Gasteiger partial charge is 0.0937 e. The molecule has 0 aliphatic heterocycles. The minimum absolute atomic E-state index is 0. The van der Waals surface area contributed by atoms with Crippen molar-refractivity contribution >= 4 is 18.1 Å². The number of halogens is 1. The van der Waals surface area contributed by atoms with Gasteiger partial charge in [-0.1, -0.05) is 19.0 Å². The minimum Gasteiger partial charge on any atom is -0.221 e. The number of rotatable bonds is 5. The zero-order chi connectivity index (χ0) is 7.82. The van der Waals surface area contributed by atoms with Crippen LogP contribution in [-0.2, 0) is 9.88 Å². The minimum atomic E-state index is 0. The van der Waals surface area contributed by atoms with E-state index in [0.717, 1.165) is 18.6 Å². The van der Waals surface area contributed by atoms with Crippen LogP contribution in [0.4, 0.5) is 0 Å². The van der Waals surface area contributed by atoms with E-state index in [1.807, 2.05) is 20.8 Å². The van der Waals surface area contributed by atoms with Crippen LogP contribution >= 0.6 is 12.4 Å². The van der Waals surface area contributed by atoms with Crippen LogP contribution in [0.2, 0.25) is 0 Å². The van der Waals surface area contributed by atoms with E-state index in [1.54, 1.807) is 0 Å². The number of hydrogen-bond acceptors (Lipinski definition) is 3. The zero-order valence-electron chi connectivity index (χ0n) is 7.29. The van der Waals surface area contributed by atoms with Crippen LogP contribution in [0.5, 0.6) is 0 Å². The molecule has 3 nitrogen and oxygen atoms in total. The van der Waals surface area contributed by atoms with Crippen molar-refractivity contribution in [3.05, 3.63) is 0 Å². The molecule has 0 aromatic rings. The first-order chi connectivity index (χ1) is 4.85. The number of oxime groups is 1. The van der Waals surface area contributed by atoms with E-state index in [1.165, 1.54) is 0 Å². The zero-order valence-corrected chi connectivity index (χ0v) is 8.11. The molecule has 0 amide bonds. The molecule has 68 valence electrons. The van der Waals surface area contributed by atoms with Gasteiger partial charge in [0.15, 0.2) is 0 Å². The van der Waals surface area contributed by atoms with Crippen molar-refractivity contribution in [2.45, 2.75) is 33.6 Å². The summed E-state index contributed by atoms with van der Waals surface area (Å²) in [6.45, 7) is 6.46. The Hall–Kier alpha value is -0.280. The van der Waals surface area contributed by atoms with Gasteiger partial charge >= 0.3 is 0 Å². The number of hydrogen-bond donors (Lipinski definition) is 0. The lowest BCUT2D eigenvalue weighted by Gasteiger charge is -1.97. The van der Waals surface area contributed by atoms with Gasteiger partial charge in [0.1, 0.15) is 0 Å². The van der Waals surface area contributed by atoms with E-state index < -0.39 is 0 Å². The standard InChI is InChI=1S/C7H15NO2.ClH/c1-4-7(5-2)8-10-9-6-3;/h4-6H2,1-3H3;1H. The summed E-state index contributed by atoms with van der Waals surface area (Å²) in [5.41, 5.74) is 1.02. The van der Waals surface area contributed by atoms with Crippen LogP contribution in [-0.4, -0.2) is 12.3 Å². The maximum atomic E-state index is 4.58. The van der Waals surface area contributed by atoms with Gasteiger partial charge in [-0.3, -0.25) is 0 Å². The molecule has 0 N–H and O–H groups in total. The first kappa shape index (κ1) is 13.3. The molecular formula is C7H16ClNO2. The summed E-state index contributed by atoms with van der Waals surface area (Å²) < 4.78 is 0. The first-order valence-electron chi connectivity index (χ1n) is 3.69. The molecule has 0 heterocycles. The average Bonchev–Trinajstić information content (AvgIpc) is 1.99. The van der Waals surface area contributed by atoms with E-state index in [9.17, 15) is 0 Å². The Bertz CT molecular complexity index is 101. The second-order valence-corrected chi connectivity index (χ2v) is 1.85. The number of nitrogens with zero attached hydrogens (tertiary/aromatic N) is 1. The van der Waals surface area contributed by atoms with E-state index in [0.29, 0.717) is 6.61 Å². The normalized spacial score (nSPS) is 8.27. The van der Waals surface area contributed by atoms with Crippen LogP contribution in [0.25, 0.3) is 0 Å². The summed E-state index contributed by atoms with van der Waals surface area (Å²) in [5, 5.41) is 3.74. The molecule has 0 aromatic heterocycles. The van der Waals surface area contributed by atoms with Crippen molar-refractivity contribution in [3.8, 4) is 0 Å². The van der Waals surface area contributed by atoms with Gasteiger partial charge in [-0.2, -0.15) is 4.89 Å². The highest BCUT2D eigenvalue weighted by molar-refractivity contribution is 5.85. The largest absolute Gasteiger partial charge is 0.221 e. The molecule has 0 saturated carbocycles. The van der Waals surface area contributed by atoms with Crippen LogP contribution in [0.15, 0.2) is 5.16 Å². The first-order valence-corrected chi connectivity index (χ1v) is 3.69. The molecule has 0 saturated heterocycles. The third kappa shape index (κ3) is 7.62. The van der Waals surface area contributed by atoms with Crippen molar-refractivity contribution in [2.75, 3.05) is 6.61 Å². The van der Waals surface area contributed by atoms with Crippen LogP contribution in [0, 0.1) is 0 Å². The van der Waals surface area contributed by atoms with E-state index in [-0.39, 0.29) is 12.4 Å². The fourth-order valence-electron chi connectivity index (χ4n) is 0.511. The molecule has 0 atom stereocenters. The van der Waals surface area contributed by atoms with Crippen molar-refractivity contribution in [2.24, 2.45) is 5.16 Å². The predicted molar refractivity (Wildman–Crippen MR) is 48.0 cm³/mol. The summed E-state index contributed by atoms with van der Waals surface area (Å²) in [6, 6.07) is 0. The van der Waals surface area contributed by atoms with E-state index >= 15 is 0 Å². The SMILES string of the molecule is CCOON=C(CC)CC.Cl. The van der Waals surface area contributed by atoms with Gasteiger partial charge in [-0.05, 0) is 19.8 Å². The molecule has 0 aromatic carbocycles. The molecule has 0 radical (unpaired) electrons. The monoisotopic (exact) mass is 181 g/mol. The Morgan fingerprint density at radius 2 is 1.73 bits per heavy atom. The third-order valence-electron chi connectivity index (χ3n) is 1.15. The molecule has 0 aliphatic rings. The van der Waals surface area contributed by atoms with Crippen molar-refractivity contribution in [1.29, 1.82) is 0 Å². The Morgan fingerprint density at radius 1 is 1.18 bits per heavy atom. The van der Waals surface area contributed by atoms with Crippen molar-refractivity contribution in [1.82, 2.24) is 0 Å². The van der Waals surface area contributed by atoms with Gasteiger partial charge in [0.2, 0.25) is 0 Å². The van der Waals surface area contributed by atoms with Crippen molar-refractivity contribution in [3.63, 3.8) is 0 Å². The molecule has 0 spiro atoms. The van der Waals surface area contributed by atoms with Gasteiger partial charge in [0, 0.05) is 0 Å². The summed E-state index contributed by atoms with van der Waals surface area (Å²) in [5.74, 6) is 0. The van der Waals surface area contributed by atoms with Crippen LogP contribution < -0.4 is 0 Å². The molecule has 0 rings (SSSR count). The lowest BCUT2D eigenvalue weighted by atomic mass is 10.2. The van der Waals surface area contributed by atoms with E-state index in [4.69, 9.17) is 0 Å². The Labute approximate surface area is 74.1 Å². The summed E-state index contributed by atoms with van der Waals surface area (Å²) in [6.07, 6.45) is 1.84. The molecule has 4 heteroatoms. The van der Waals surface area contributed by atoms with Gasteiger partial charge < -0.3 is 0 Å². The second kappa shape index (κ2) is 9.72. The van der Waals surface area contributed by atoms with Gasteiger partial charge in [-0.15, -0.1) is 12.4 Å². The highest BCUT2D eigenvalue weighted by Crippen LogP contribution is 1.92. The van der Waals surface area contributed by atoms with Gasteiger partial charge in [0.05, 0.1) is 12.3 Å². The highest BCUT2D eigenvalue weighted by atomic mass is 35.5. The third-order valence-corrected chi connectivity index (χ3v) is 1.15. The lowest BCUT2D eigenvalue weighted by molar-refractivity contribution is -0.292. The Morgan fingerprint density at radius 3 is 2.09 bits per heavy atom. The maximum absolute atomic E-state index is 4.58. The van der Waals surface area contributed by atoms with Crippen molar-refractivity contribution < 1.29 is 9.88 Å². The van der Waals surface area contributed by atoms with Gasteiger partial charge in [0.25, 0.3) is 0 Å². The molecule has 0 aliphatic carbocycles. The Balaban J connectivity index is 0. The van der Waals surface area contributed by atoms with Gasteiger partial charge in [-0.25, -0.2) is 4.99 Å². The predicted octanol–water partition coefficient (Wildman–Crippen LogP) is 2.55. The van der Waals surface area contributed by atoms with E-state index in [2.05, 4.69) is 15.0 Å². The fourth-order valence-corrected chi connectivity index (χ4v) is 0.511. The summed E-state index contributed by atoms with van der Waals surface area (Å²) in [7, 11) is 0. The van der Waals surface area contributed by atoms with Crippen LogP contribution in [0.3, 0.4) is 0 Å². The molecule has 0 fully saturated rings. The molecule has 0 bridgehead atoms. The molecular weight excluding hydrogens is 166 g/mol. The maximum Gasteiger partial charge on any atom is 0.0937 e. The van der Waals surface area contributed by atoms with Crippen LogP contribution in [0.1, 0.15) is 33.6 Å². The summed E-state index contributed by atoms with van der Waals surface area (Å²) in [4.78, 5) is 9.09.